The van der Waals surface area contributed by atoms with E-state index < -0.39 is 0 Å². The molecule has 2 N–H and O–H groups in total. The van der Waals surface area contributed by atoms with E-state index in [0.717, 1.165) is 18.7 Å². The minimum Gasteiger partial charge on any atom is -0.368 e. The molecule has 0 aromatic heterocycles. The first-order valence-corrected chi connectivity index (χ1v) is 8.24. The molecule has 0 aliphatic rings. The van der Waals surface area contributed by atoms with Gasteiger partial charge in [0, 0.05) is 12.2 Å². The lowest BCUT2D eigenvalue weighted by Gasteiger charge is -2.32. The van der Waals surface area contributed by atoms with Crippen molar-refractivity contribution in [2.45, 2.75) is 33.2 Å². The second-order valence-electron chi connectivity index (χ2n) is 6.25. The summed E-state index contributed by atoms with van der Waals surface area (Å²) in [6.07, 6.45) is 0.767. The van der Waals surface area contributed by atoms with Gasteiger partial charge in [-0.3, -0.25) is 4.79 Å². The SMILES string of the molecule is CCN(c1ccc(-c2ccccc2)cc1)[C@@H](CC(C)C)C(N)=O. The van der Waals surface area contributed by atoms with Crippen molar-refractivity contribution in [3.8, 4) is 11.1 Å². The number of nitrogens with two attached hydrogens (primary N) is 1. The van der Waals surface area contributed by atoms with Crippen molar-refractivity contribution >= 4 is 11.6 Å². The third kappa shape index (κ3) is 4.35. The molecule has 0 saturated carbocycles. The smallest absolute Gasteiger partial charge is 0.240 e. The van der Waals surface area contributed by atoms with Crippen LogP contribution in [0.4, 0.5) is 5.69 Å². The molecule has 0 saturated heterocycles. The van der Waals surface area contributed by atoms with Gasteiger partial charge in [0.25, 0.3) is 0 Å². The average molecular weight is 310 g/mol. The summed E-state index contributed by atoms with van der Waals surface area (Å²) in [5.74, 6) is 0.165. The van der Waals surface area contributed by atoms with Crippen molar-refractivity contribution in [2.24, 2.45) is 11.7 Å². The predicted molar refractivity (Wildman–Crippen MR) is 97.3 cm³/mol. The second-order valence-corrected chi connectivity index (χ2v) is 6.25. The zero-order valence-electron chi connectivity index (χ0n) is 14.2. The predicted octanol–water partition coefficient (Wildman–Crippen LogP) is 4.08. The molecule has 0 fully saturated rings. The minimum absolute atomic E-state index is 0.257. The van der Waals surface area contributed by atoms with Crippen LogP contribution in [0.1, 0.15) is 27.2 Å². The molecule has 1 amide bonds. The van der Waals surface area contributed by atoms with E-state index in [0.29, 0.717) is 5.92 Å². The molecule has 0 heterocycles. The summed E-state index contributed by atoms with van der Waals surface area (Å²) in [4.78, 5) is 14.0. The molecule has 122 valence electrons. The third-order valence-electron chi connectivity index (χ3n) is 4.05. The lowest BCUT2D eigenvalue weighted by molar-refractivity contribution is -0.119. The third-order valence-corrected chi connectivity index (χ3v) is 4.05. The quantitative estimate of drug-likeness (QED) is 0.837. The van der Waals surface area contributed by atoms with Crippen LogP contribution in [0.3, 0.4) is 0 Å². The lowest BCUT2D eigenvalue weighted by Crippen LogP contribution is -2.45. The number of hydrogen-bond acceptors (Lipinski definition) is 2. The normalized spacial score (nSPS) is 12.2. The number of primary amides is 1. The van der Waals surface area contributed by atoms with Crippen LogP contribution in [0, 0.1) is 5.92 Å². The number of carbonyl (C=O) groups excluding carboxylic acids is 1. The van der Waals surface area contributed by atoms with Crippen LogP contribution in [-0.4, -0.2) is 18.5 Å². The first-order valence-electron chi connectivity index (χ1n) is 8.24. The standard InChI is InChI=1S/C20H26N2O/c1-4-22(19(20(21)23)14-15(2)3)18-12-10-17(11-13-18)16-8-6-5-7-9-16/h5-13,15,19H,4,14H2,1-3H3,(H2,21,23)/t19-/m0/s1. The molecule has 0 bridgehead atoms. The van der Waals surface area contributed by atoms with E-state index in [-0.39, 0.29) is 11.9 Å². The molecule has 2 aromatic rings. The fraction of sp³-hybridized carbons (Fsp3) is 0.350. The van der Waals surface area contributed by atoms with Gasteiger partial charge in [-0.25, -0.2) is 0 Å². The molecular weight excluding hydrogens is 284 g/mol. The molecule has 2 rings (SSSR count). The number of nitrogens with zero attached hydrogens (tertiary/aromatic N) is 1. The van der Waals surface area contributed by atoms with Gasteiger partial charge in [-0.2, -0.15) is 0 Å². The molecule has 0 aliphatic heterocycles. The van der Waals surface area contributed by atoms with Crippen LogP contribution in [0.25, 0.3) is 11.1 Å². The summed E-state index contributed by atoms with van der Waals surface area (Å²) in [6.45, 7) is 7.04. The number of likely N-dealkylation sites (N-methyl/N-ethyl adjacent to an activating group) is 1. The second kappa shape index (κ2) is 7.82. The van der Waals surface area contributed by atoms with Gasteiger partial charge in [0.1, 0.15) is 6.04 Å². The van der Waals surface area contributed by atoms with Gasteiger partial charge in [-0.15, -0.1) is 0 Å². The molecule has 23 heavy (non-hydrogen) atoms. The van der Waals surface area contributed by atoms with E-state index in [1.165, 1.54) is 11.1 Å². The first kappa shape index (κ1) is 17.1. The van der Waals surface area contributed by atoms with Gasteiger partial charge in [-0.05, 0) is 42.5 Å². The van der Waals surface area contributed by atoms with Crippen molar-refractivity contribution in [1.82, 2.24) is 0 Å². The molecular formula is C20H26N2O. The first-order chi connectivity index (χ1) is 11.0. The summed E-state index contributed by atoms with van der Waals surface area (Å²) in [5, 5.41) is 0. The largest absolute Gasteiger partial charge is 0.368 e. The summed E-state index contributed by atoms with van der Waals surface area (Å²) in [5.41, 5.74) is 9.04. The fourth-order valence-electron chi connectivity index (χ4n) is 2.90. The van der Waals surface area contributed by atoms with E-state index >= 15 is 0 Å². The highest BCUT2D eigenvalue weighted by atomic mass is 16.1. The average Bonchev–Trinajstić information content (AvgIpc) is 2.55. The Morgan fingerprint density at radius 3 is 2.04 bits per heavy atom. The Morgan fingerprint density at radius 2 is 1.57 bits per heavy atom. The molecule has 0 unspecified atom stereocenters. The van der Waals surface area contributed by atoms with Gasteiger partial charge < -0.3 is 10.6 Å². The van der Waals surface area contributed by atoms with E-state index in [9.17, 15) is 4.79 Å². The topological polar surface area (TPSA) is 46.3 Å². The van der Waals surface area contributed by atoms with E-state index in [4.69, 9.17) is 5.73 Å². The maximum absolute atomic E-state index is 11.9. The maximum Gasteiger partial charge on any atom is 0.240 e. The highest BCUT2D eigenvalue weighted by Gasteiger charge is 2.24. The van der Waals surface area contributed by atoms with Crippen molar-refractivity contribution < 1.29 is 4.79 Å². The van der Waals surface area contributed by atoms with Crippen LogP contribution < -0.4 is 10.6 Å². The van der Waals surface area contributed by atoms with Crippen molar-refractivity contribution in [3.05, 3.63) is 54.6 Å². The van der Waals surface area contributed by atoms with Crippen molar-refractivity contribution in [2.75, 3.05) is 11.4 Å². The van der Waals surface area contributed by atoms with Gasteiger partial charge in [0.05, 0.1) is 0 Å². The van der Waals surface area contributed by atoms with Crippen molar-refractivity contribution in [3.63, 3.8) is 0 Å². The number of carbonyl (C=O) groups is 1. The van der Waals surface area contributed by atoms with Gasteiger partial charge in [-0.1, -0.05) is 56.3 Å². The van der Waals surface area contributed by atoms with E-state index in [1.54, 1.807) is 0 Å². The van der Waals surface area contributed by atoms with Crippen LogP contribution in [0.15, 0.2) is 54.6 Å². The monoisotopic (exact) mass is 310 g/mol. The molecule has 0 spiro atoms. The Hall–Kier alpha value is -2.29. The number of rotatable bonds is 7. The highest BCUT2D eigenvalue weighted by molar-refractivity contribution is 5.84. The highest BCUT2D eigenvalue weighted by Crippen LogP contribution is 2.25. The minimum atomic E-state index is -0.262. The van der Waals surface area contributed by atoms with Crippen LogP contribution >= 0.6 is 0 Å². The van der Waals surface area contributed by atoms with Crippen LogP contribution in [0.2, 0.25) is 0 Å². The Bertz CT molecular complexity index is 620. The van der Waals surface area contributed by atoms with Crippen molar-refractivity contribution in [1.29, 1.82) is 0 Å². The zero-order chi connectivity index (χ0) is 16.8. The molecule has 3 heteroatoms. The number of amides is 1. The molecule has 1 atom stereocenters. The Balaban J connectivity index is 2.26. The van der Waals surface area contributed by atoms with Gasteiger partial charge in [0.2, 0.25) is 5.91 Å². The lowest BCUT2D eigenvalue weighted by atomic mass is 10.0. The molecule has 2 aromatic carbocycles. The summed E-state index contributed by atoms with van der Waals surface area (Å²) < 4.78 is 0. The zero-order valence-corrected chi connectivity index (χ0v) is 14.2. The molecule has 0 radical (unpaired) electrons. The van der Waals surface area contributed by atoms with Gasteiger partial charge >= 0.3 is 0 Å². The van der Waals surface area contributed by atoms with E-state index in [1.807, 2.05) is 18.2 Å². The number of hydrogen-bond donors (Lipinski definition) is 1. The summed E-state index contributed by atoms with van der Waals surface area (Å²) >= 11 is 0. The van der Waals surface area contributed by atoms with Crippen LogP contribution in [-0.2, 0) is 4.79 Å². The number of benzene rings is 2. The maximum atomic E-state index is 11.9. The number of anilines is 1. The molecule has 3 nitrogen and oxygen atoms in total. The summed E-state index contributed by atoms with van der Waals surface area (Å²) in [6, 6.07) is 18.4. The van der Waals surface area contributed by atoms with E-state index in [2.05, 4.69) is 62.1 Å². The van der Waals surface area contributed by atoms with Crippen LogP contribution in [0.5, 0.6) is 0 Å². The van der Waals surface area contributed by atoms with Gasteiger partial charge in [0.15, 0.2) is 0 Å². The Kier molecular flexibility index (Phi) is 5.80. The Labute approximate surface area is 139 Å². The summed E-state index contributed by atoms with van der Waals surface area (Å²) in [7, 11) is 0. The Morgan fingerprint density at radius 1 is 1.00 bits per heavy atom. The molecule has 0 aliphatic carbocycles. The fourth-order valence-corrected chi connectivity index (χ4v) is 2.90.